The lowest BCUT2D eigenvalue weighted by atomic mass is 10.1. The molecule has 1 saturated carbocycles. The third-order valence-corrected chi connectivity index (χ3v) is 3.56. The van der Waals surface area contributed by atoms with Crippen molar-refractivity contribution in [2.45, 2.75) is 65.3 Å². The smallest absolute Gasteiger partial charge is 0.00683 e. The van der Waals surface area contributed by atoms with Gasteiger partial charge in [-0.25, -0.2) is 0 Å². The zero-order chi connectivity index (χ0) is 12.5. The Hall–Kier alpha value is -0.0800. The van der Waals surface area contributed by atoms with Gasteiger partial charge in [-0.2, -0.15) is 0 Å². The van der Waals surface area contributed by atoms with Crippen molar-refractivity contribution < 1.29 is 0 Å². The standard InChI is InChI=1S/C15H32N2/c1-4-6-10-17(11-7-5-2)13-14(3)12-16-15-8-9-15/h14-16H,4-13H2,1-3H3. The van der Waals surface area contributed by atoms with Crippen LogP contribution in [0, 0.1) is 5.92 Å². The Balaban J connectivity index is 2.13. The number of nitrogens with zero attached hydrogens (tertiary/aromatic N) is 1. The summed E-state index contributed by atoms with van der Waals surface area (Å²) in [5, 5.41) is 3.65. The molecule has 0 spiro atoms. The summed E-state index contributed by atoms with van der Waals surface area (Å²) >= 11 is 0. The van der Waals surface area contributed by atoms with Crippen LogP contribution in [-0.4, -0.2) is 37.1 Å². The van der Waals surface area contributed by atoms with E-state index >= 15 is 0 Å². The van der Waals surface area contributed by atoms with Crippen molar-refractivity contribution >= 4 is 0 Å². The molecule has 0 bridgehead atoms. The molecule has 1 N–H and O–H groups in total. The summed E-state index contributed by atoms with van der Waals surface area (Å²) in [6, 6.07) is 0.859. The molecule has 1 fully saturated rings. The third-order valence-electron chi connectivity index (χ3n) is 3.56. The second-order valence-electron chi connectivity index (χ2n) is 5.80. The van der Waals surface area contributed by atoms with Crippen molar-refractivity contribution in [1.29, 1.82) is 0 Å². The molecule has 1 unspecified atom stereocenters. The summed E-state index contributed by atoms with van der Waals surface area (Å²) in [5.74, 6) is 0.796. The molecule has 0 radical (unpaired) electrons. The molecule has 0 aromatic carbocycles. The first kappa shape index (κ1) is 15.0. The van der Waals surface area contributed by atoms with Crippen molar-refractivity contribution in [2.75, 3.05) is 26.2 Å². The summed E-state index contributed by atoms with van der Waals surface area (Å²) in [7, 11) is 0. The molecule has 1 aliphatic rings. The summed E-state index contributed by atoms with van der Waals surface area (Å²) in [6.07, 6.45) is 8.15. The molecule has 1 aliphatic carbocycles. The maximum absolute atomic E-state index is 3.65. The van der Waals surface area contributed by atoms with E-state index in [0.717, 1.165) is 12.0 Å². The number of hydrogen-bond acceptors (Lipinski definition) is 2. The van der Waals surface area contributed by atoms with Crippen molar-refractivity contribution in [2.24, 2.45) is 5.92 Å². The molecule has 0 aliphatic heterocycles. The summed E-state index contributed by atoms with van der Waals surface area (Å²) < 4.78 is 0. The Morgan fingerprint density at radius 3 is 2.18 bits per heavy atom. The van der Waals surface area contributed by atoms with Crippen LogP contribution in [0.2, 0.25) is 0 Å². The van der Waals surface area contributed by atoms with E-state index in [-0.39, 0.29) is 0 Å². The normalized spacial score (nSPS) is 17.6. The number of rotatable bonds is 11. The molecule has 0 aromatic heterocycles. The van der Waals surface area contributed by atoms with Crippen molar-refractivity contribution in [1.82, 2.24) is 10.2 Å². The molecular formula is C15H32N2. The van der Waals surface area contributed by atoms with Crippen LogP contribution >= 0.6 is 0 Å². The Bertz CT molecular complexity index is 170. The number of hydrogen-bond donors (Lipinski definition) is 1. The fourth-order valence-corrected chi connectivity index (χ4v) is 2.22. The molecule has 102 valence electrons. The van der Waals surface area contributed by atoms with Crippen LogP contribution in [0.3, 0.4) is 0 Å². The molecule has 0 amide bonds. The van der Waals surface area contributed by atoms with Crippen molar-refractivity contribution in [3.8, 4) is 0 Å². The number of unbranched alkanes of at least 4 members (excludes halogenated alkanes) is 2. The fourth-order valence-electron chi connectivity index (χ4n) is 2.22. The van der Waals surface area contributed by atoms with Crippen molar-refractivity contribution in [3.05, 3.63) is 0 Å². The lowest BCUT2D eigenvalue weighted by Crippen LogP contribution is -2.35. The largest absolute Gasteiger partial charge is 0.314 e. The van der Waals surface area contributed by atoms with Gasteiger partial charge in [0.1, 0.15) is 0 Å². The minimum atomic E-state index is 0.796. The highest BCUT2D eigenvalue weighted by atomic mass is 15.1. The van der Waals surface area contributed by atoms with E-state index in [4.69, 9.17) is 0 Å². The van der Waals surface area contributed by atoms with Gasteiger partial charge in [0.05, 0.1) is 0 Å². The Morgan fingerprint density at radius 2 is 1.71 bits per heavy atom. The molecule has 17 heavy (non-hydrogen) atoms. The van der Waals surface area contributed by atoms with E-state index in [1.54, 1.807) is 0 Å². The van der Waals surface area contributed by atoms with E-state index in [1.165, 1.54) is 64.7 Å². The Morgan fingerprint density at radius 1 is 1.12 bits per heavy atom. The SMILES string of the molecule is CCCCN(CCCC)CC(C)CNC1CC1. The molecule has 0 heterocycles. The zero-order valence-corrected chi connectivity index (χ0v) is 12.2. The predicted octanol–water partition coefficient (Wildman–Crippen LogP) is 3.28. The molecule has 2 nitrogen and oxygen atoms in total. The molecule has 1 rings (SSSR count). The van der Waals surface area contributed by atoms with Gasteiger partial charge in [0, 0.05) is 12.6 Å². The summed E-state index contributed by atoms with van der Waals surface area (Å²) in [5.41, 5.74) is 0. The molecule has 2 heteroatoms. The van der Waals surface area contributed by atoms with E-state index < -0.39 is 0 Å². The van der Waals surface area contributed by atoms with Gasteiger partial charge < -0.3 is 10.2 Å². The Labute approximate surface area is 108 Å². The minimum Gasteiger partial charge on any atom is -0.314 e. The minimum absolute atomic E-state index is 0.796. The first-order valence-corrected chi connectivity index (χ1v) is 7.72. The van der Waals surface area contributed by atoms with Crippen LogP contribution in [0.5, 0.6) is 0 Å². The second kappa shape index (κ2) is 8.93. The van der Waals surface area contributed by atoms with Crippen LogP contribution in [0.15, 0.2) is 0 Å². The monoisotopic (exact) mass is 240 g/mol. The first-order chi connectivity index (χ1) is 8.26. The molecule has 1 atom stereocenters. The zero-order valence-electron chi connectivity index (χ0n) is 12.2. The van der Waals surface area contributed by atoms with Gasteiger partial charge >= 0.3 is 0 Å². The van der Waals surface area contributed by atoms with E-state index in [2.05, 4.69) is 31.0 Å². The first-order valence-electron chi connectivity index (χ1n) is 7.72. The highest BCUT2D eigenvalue weighted by Crippen LogP contribution is 2.18. The van der Waals surface area contributed by atoms with E-state index in [0.29, 0.717) is 0 Å². The van der Waals surface area contributed by atoms with E-state index in [9.17, 15) is 0 Å². The van der Waals surface area contributed by atoms with Crippen LogP contribution in [0.1, 0.15) is 59.3 Å². The predicted molar refractivity (Wildman–Crippen MR) is 76.4 cm³/mol. The van der Waals surface area contributed by atoms with Gasteiger partial charge in [-0.05, 0) is 51.2 Å². The van der Waals surface area contributed by atoms with Crippen LogP contribution in [-0.2, 0) is 0 Å². The van der Waals surface area contributed by atoms with Crippen molar-refractivity contribution in [3.63, 3.8) is 0 Å². The maximum atomic E-state index is 3.65. The topological polar surface area (TPSA) is 15.3 Å². The average molecular weight is 240 g/mol. The highest BCUT2D eigenvalue weighted by molar-refractivity contribution is 4.81. The highest BCUT2D eigenvalue weighted by Gasteiger charge is 2.21. The van der Waals surface area contributed by atoms with Gasteiger partial charge in [-0.3, -0.25) is 0 Å². The average Bonchev–Trinajstić information content (AvgIpc) is 3.14. The summed E-state index contributed by atoms with van der Waals surface area (Å²) in [4.78, 5) is 2.67. The van der Waals surface area contributed by atoms with Gasteiger partial charge in [-0.15, -0.1) is 0 Å². The van der Waals surface area contributed by atoms with Crippen LogP contribution in [0.25, 0.3) is 0 Å². The van der Waals surface area contributed by atoms with E-state index in [1.807, 2.05) is 0 Å². The van der Waals surface area contributed by atoms with Gasteiger partial charge in [-0.1, -0.05) is 33.6 Å². The quantitative estimate of drug-likeness (QED) is 0.596. The van der Waals surface area contributed by atoms with Gasteiger partial charge in [0.25, 0.3) is 0 Å². The van der Waals surface area contributed by atoms with Crippen LogP contribution < -0.4 is 5.32 Å². The molecule has 0 aromatic rings. The van der Waals surface area contributed by atoms with Crippen LogP contribution in [0.4, 0.5) is 0 Å². The van der Waals surface area contributed by atoms with Gasteiger partial charge in [0.2, 0.25) is 0 Å². The lowest BCUT2D eigenvalue weighted by Gasteiger charge is -2.25. The number of nitrogens with one attached hydrogen (secondary N) is 1. The second-order valence-corrected chi connectivity index (χ2v) is 5.80. The maximum Gasteiger partial charge on any atom is 0.00683 e. The lowest BCUT2D eigenvalue weighted by molar-refractivity contribution is 0.228. The fraction of sp³-hybridized carbons (Fsp3) is 1.00. The molecular weight excluding hydrogens is 208 g/mol. The Kier molecular flexibility index (Phi) is 7.87. The molecule has 0 saturated heterocycles. The summed E-state index contributed by atoms with van der Waals surface area (Å²) in [6.45, 7) is 12.0. The third kappa shape index (κ3) is 7.77. The van der Waals surface area contributed by atoms with Gasteiger partial charge in [0.15, 0.2) is 0 Å².